The van der Waals surface area contributed by atoms with Gasteiger partial charge in [-0.25, -0.2) is 12.8 Å². The van der Waals surface area contributed by atoms with Crippen molar-refractivity contribution in [1.82, 2.24) is 5.32 Å². The average molecular weight is 349 g/mol. The first-order valence-electron chi connectivity index (χ1n) is 7.59. The Balaban J connectivity index is 2.19. The van der Waals surface area contributed by atoms with Gasteiger partial charge >= 0.3 is 0 Å². The van der Waals surface area contributed by atoms with Crippen LogP contribution in [0.15, 0.2) is 53.4 Å². The van der Waals surface area contributed by atoms with Gasteiger partial charge < -0.3 is 5.32 Å². The van der Waals surface area contributed by atoms with Gasteiger partial charge in [0.05, 0.1) is 10.9 Å². The lowest BCUT2D eigenvalue weighted by Gasteiger charge is -2.19. The number of carbonyl (C=O) groups is 1. The van der Waals surface area contributed by atoms with E-state index >= 15 is 0 Å². The highest BCUT2D eigenvalue weighted by atomic mass is 32.2. The summed E-state index contributed by atoms with van der Waals surface area (Å²) >= 11 is 0. The summed E-state index contributed by atoms with van der Waals surface area (Å²) in [6.45, 7) is 5.02. The molecule has 6 heteroatoms. The molecule has 0 spiro atoms. The van der Waals surface area contributed by atoms with Gasteiger partial charge in [-0.15, -0.1) is 0 Å². The van der Waals surface area contributed by atoms with Crippen molar-refractivity contribution in [3.05, 3.63) is 65.5 Å². The van der Waals surface area contributed by atoms with Crippen molar-refractivity contribution in [3.63, 3.8) is 0 Å². The van der Waals surface area contributed by atoms with Crippen molar-refractivity contribution in [3.8, 4) is 0 Å². The molecule has 0 saturated carbocycles. The van der Waals surface area contributed by atoms with Gasteiger partial charge in [-0.05, 0) is 50.1 Å². The van der Waals surface area contributed by atoms with Gasteiger partial charge in [0.1, 0.15) is 11.1 Å². The van der Waals surface area contributed by atoms with E-state index in [0.29, 0.717) is 0 Å². The summed E-state index contributed by atoms with van der Waals surface area (Å²) in [6.07, 6.45) is 0. The summed E-state index contributed by atoms with van der Waals surface area (Å²) in [6, 6.07) is 11.9. The van der Waals surface area contributed by atoms with Crippen LogP contribution in [0.2, 0.25) is 0 Å². The third-order valence-electron chi connectivity index (χ3n) is 3.97. The van der Waals surface area contributed by atoms with E-state index in [1.54, 1.807) is 6.92 Å². The number of nitrogens with one attached hydrogen (secondary N) is 1. The maximum Gasteiger partial charge on any atom is 0.238 e. The summed E-state index contributed by atoms with van der Waals surface area (Å²) in [5.74, 6) is -1.27. The zero-order valence-electron chi connectivity index (χ0n) is 13.8. The summed E-state index contributed by atoms with van der Waals surface area (Å²) in [5.41, 5.74) is 1.92. The fourth-order valence-corrected chi connectivity index (χ4v) is 3.77. The van der Waals surface area contributed by atoms with E-state index in [1.165, 1.54) is 19.1 Å². The highest BCUT2D eigenvalue weighted by Crippen LogP contribution is 2.20. The van der Waals surface area contributed by atoms with Crippen LogP contribution in [-0.2, 0) is 14.6 Å². The fraction of sp³-hybridized carbons (Fsp3) is 0.278. The number of amides is 1. The Kier molecular flexibility index (Phi) is 5.39. The topological polar surface area (TPSA) is 63.2 Å². The SMILES string of the molecule is Cc1ccccc1[C@@H](C)NC(=O)[C@H](C)S(=O)(=O)c1cccc(F)c1. The highest BCUT2D eigenvalue weighted by molar-refractivity contribution is 7.92. The number of hydrogen-bond donors (Lipinski definition) is 1. The maximum absolute atomic E-state index is 13.3. The first kappa shape index (κ1) is 18.1. The summed E-state index contributed by atoms with van der Waals surface area (Å²) in [4.78, 5) is 12.2. The molecule has 24 heavy (non-hydrogen) atoms. The van der Waals surface area contributed by atoms with Crippen LogP contribution >= 0.6 is 0 Å². The van der Waals surface area contributed by atoms with E-state index in [0.717, 1.165) is 23.3 Å². The number of carbonyl (C=O) groups excluding carboxylic acids is 1. The zero-order chi connectivity index (χ0) is 17.9. The van der Waals surface area contributed by atoms with Gasteiger partial charge in [0.2, 0.25) is 5.91 Å². The largest absolute Gasteiger partial charge is 0.348 e. The Morgan fingerprint density at radius 3 is 2.38 bits per heavy atom. The van der Waals surface area contributed by atoms with E-state index in [2.05, 4.69) is 5.32 Å². The molecule has 0 bridgehead atoms. The molecule has 0 unspecified atom stereocenters. The highest BCUT2D eigenvalue weighted by Gasteiger charge is 2.31. The number of benzene rings is 2. The molecule has 4 nitrogen and oxygen atoms in total. The normalized spacial score (nSPS) is 14.0. The monoisotopic (exact) mass is 349 g/mol. The second-order valence-corrected chi connectivity index (χ2v) is 8.00. The van der Waals surface area contributed by atoms with Crippen LogP contribution in [0, 0.1) is 12.7 Å². The summed E-state index contributed by atoms with van der Waals surface area (Å²) < 4.78 is 38.2. The fourth-order valence-electron chi connectivity index (χ4n) is 2.47. The lowest BCUT2D eigenvalue weighted by molar-refractivity contribution is -0.121. The third kappa shape index (κ3) is 3.82. The van der Waals surface area contributed by atoms with Gasteiger partial charge in [-0.1, -0.05) is 30.3 Å². The second-order valence-electron chi connectivity index (χ2n) is 5.73. The van der Waals surface area contributed by atoms with Crippen molar-refractivity contribution in [2.24, 2.45) is 0 Å². The third-order valence-corrected chi connectivity index (χ3v) is 6.03. The predicted octanol–water partition coefficient (Wildman–Crippen LogP) is 3.17. The van der Waals surface area contributed by atoms with E-state index in [9.17, 15) is 17.6 Å². The number of rotatable bonds is 5. The summed E-state index contributed by atoms with van der Waals surface area (Å²) in [5, 5.41) is 1.40. The minimum absolute atomic E-state index is 0.200. The van der Waals surface area contributed by atoms with E-state index in [-0.39, 0.29) is 10.9 Å². The number of hydrogen-bond acceptors (Lipinski definition) is 3. The van der Waals surface area contributed by atoms with Crippen molar-refractivity contribution < 1.29 is 17.6 Å². The first-order valence-corrected chi connectivity index (χ1v) is 9.13. The second kappa shape index (κ2) is 7.13. The van der Waals surface area contributed by atoms with Crippen molar-refractivity contribution in [2.75, 3.05) is 0 Å². The van der Waals surface area contributed by atoms with Crippen LogP contribution in [0.3, 0.4) is 0 Å². The Hall–Kier alpha value is -2.21. The van der Waals surface area contributed by atoms with Gasteiger partial charge in [0, 0.05) is 0 Å². The Bertz CT molecular complexity index is 849. The van der Waals surface area contributed by atoms with Crippen molar-refractivity contribution in [2.45, 2.75) is 37.0 Å². The Morgan fingerprint density at radius 1 is 1.08 bits per heavy atom. The van der Waals surface area contributed by atoms with Crippen molar-refractivity contribution >= 4 is 15.7 Å². The molecular weight excluding hydrogens is 329 g/mol. The quantitative estimate of drug-likeness (QED) is 0.902. The molecule has 2 rings (SSSR count). The lowest BCUT2D eigenvalue weighted by Crippen LogP contribution is -2.39. The van der Waals surface area contributed by atoms with E-state index in [1.807, 2.05) is 31.2 Å². The van der Waals surface area contributed by atoms with Gasteiger partial charge in [-0.2, -0.15) is 0 Å². The van der Waals surface area contributed by atoms with Gasteiger partial charge in [0.15, 0.2) is 9.84 Å². The summed E-state index contributed by atoms with van der Waals surface area (Å²) in [7, 11) is -3.95. The molecule has 1 N–H and O–H groups in total. The predicted molar refractivity (Wildman–Crippen MR) is 90.8 cm³/mol. The van der Waals surface area contributed by atoms with Crippen LogP contribution in [0.5, 0.6) is 0 Å². The molecule has 0 aliphatic carbocycles. The van der Waals surface area contributed by atoms with Crippen LogP contribution in [0.25, 0.3) is 0 Å². The number of sulfone groups is 1. The molecule has 0 saturated heterocycles. The molecule has 2 aromatic carbocycles. The molecule has 2 aromatic rings. The molecule has 1 amide bonds. The zero-order valence-corrected chi connectivity index (χ0v) is 14.6. The Morgan fingerprint density at radius 2 is 1.75 bits per heavy atom. The molecule has 0 radical (unpaired) electrons. The molecule has 0 aromatic heterocycles. The molecule has 0 fully saturated rings. The van der Waals surface area contributed by atoms with E-state index < -0.39 is 26.8 Å². The van der Waals surface area contributed by atoms with Crippen LogP contribution in [0.1, 0.15) is 31.0 Å². The molecule has 2 atom stereocenters. The van der Waals surface area contributed by atoms with Gasteiger partial charge in [-0.3, -0.25) is 4.79 Å². The van der Waals surface area contributed by atoms with Crippen LogP contribution in [-0.4, -0.2) is 19.6 Å². The number of aryl methyl sites for hydroxylation is 1. The maximum atomic E-state index is 13.3. The smallest absolute Gasteiger partial charge is 0.238 e. The van der Waals surface area contributed by atoms with Crippen LogP contribution < -0.4 is 5.32 Å². The average Bonchev–Trinajstić information content (AvgIpc) is 2.54. The Labute approximate surface area is 141 Å². The van der Waals surface area contributed by atoms with Crippen molar-refractivity contribution in [1.29, 1.82) is 0 Å². The number of halogens is 1. The minimum atomic E-state index is -3.95. The van der Waals surface area contributed by atoms with Crippen LogP contribution in [0.4, 0.5) is 4.39 Å². The standard InChI is InChI=1S/C18H20FNO3S/c1-12-7-4-5-10-17(12)13(2)20-18(21)14(3)24(22,23)16-9-6-8-15(19)11-16/h4-11,13-14H,1-3H3,(H,20,21)/t13-,14+/m1/s1. The molecule has 128 valence electrons. The molecule has 0 heterocycles. The molecule has 0 aliphatic rings. The minimum Gasteiger partial charge on any atom is -0.348 e. The first-order chi connectivity index (χ1) is 11.2. The molecular formula is C18H20FNO3S. The lowest BCUT2D eigenvalue weighted by atomic mass is 10.0. The van der Waals surface area contributed by atoms with Gasteiger partial charge in [0.25, 0.3) is 0 Å². The molecule has 0 aliphatic heterocycles. The van der Waals surface area contributed by atoms with E-state index in [4.69, 9.17) is 0 Å².